The van der Waals surface area contributed by atoms with Gasteiger partial charge in [-0.15, -0.1) is 0 Å². The molecular formula is C14H26N4O2S. The number of nitrogens with one attached hydrogen (secondary N) is 1. The standard InChI is InChI=1S/C14H26N4O2S/c1-11(2)8-18-9-14(16-10-18)21(19,20)17-13-6-4-3-5-12(13)7-15/h9-13,17H,3-8,15H2,1-2H3. The number of nitrogens with zero attached hydrogens (tertiary/aromatic N) is 2. The molecule has 1 aromatic rings. The lowest BCUT2D eigenvalue weighted by Gasteiger charge is -2.30. The van der Waals surface area contributed by atoms with Crippen LogP contribution in [0.3, 0.4) is 0 Å². The van der Waals surface area contributed by atoms with Crippen LogP contribution in [-0.4, -0.2) is 30.6 Å². The molecule has 2 rings (SSSR count). The van der Waals surface area contributed by atoms with Gasteiger partial charge in [0.25, 0.3) is 10.0 Å². The normalized spacial score (nSPS) is 23.6. The zero-order valence-corrected chi connectivity index (χ0v) is 13.6. The fraction of sp³-hybridized carbons (Fsp3) is 0.786. The Morgan fingerprint density at radius 1 is 1.43 bits per heavy atom. The van der Waals surface area contributed by atoms with Crippen molar-refractivity contribution >= 4 is 10.0 Å². The fourth-order valence-corrected chi connectivity index (χ4v) is 4.19. The fourth-order valence-electron chi connectivity index (χ4n) is 2.90. The molecule has 2 atom stereocenters. The summed E-state index contributed by atoms with van der Waals surface area (Å²) >= 11 is 0. The Morgan fingerprint density at radius 2 is 2.14 bits per heavy atom. The Hall–Kier alpha value is -0.920. The van der Waals surface area contributed by atoms with E-state index in [-0.39, 0.29) is 17.0 Å². The summed E-state index contributed by atoms with van der Waals surface area (Å²) in [6.45, 7) is 5.45. The minimum atomic E-state index is -3.56. The number of hydrogen-bond acceptors (Lipinski definition) is 4. The van der Waals surface area contributed by atoms with Crippen LogP contribution in [-0.2, 0) is 16.6 Å². The van der Waals surface area contributed by atoms with Gasteiger partial charge in [-0.3, -0.25) is 0 Å². The number of aromatic nitrogens is 2. The number of imidazole rings is 1. The molecule has 1 saturated carbocycles. The van der Waals surface area contributed by atoms with Gasteiger partial charge >= 0.3 is 0 Å². The SMILES string of the molecule is CC(C)Cn1cnc(S(=O)(=O)NC2CCCCC2CN)c1. The van der Waals surface area contributed by atoms with E-state index in [4.69, 9.17) is 5.73 Å². The first-order valence-electron chi connectivity index (χ1n) is 7.66. The number of rotatable bonds is 6. The van der Waals surface area contributed by atoms with Crippen molar-refractivity contribution in [3.63, 3.8) is 0 Å². The average molecular weight is 314 g/mol. The second-order valence-electron chi connectivity index (χ2n) is 6.31. The zero-order chi connectivity index (χ0) is 15.5. The lowest BCUT2D eigenvalue weighted by Crippen LogP contribution is -2.44. The summed E-state index contributed by atoms with van der Waals surface area (Å²) in [6.07, 6.45) is 7.20. The van der Waals surface area contributed by atoms with Gasteiger partial charge in [0.15, 0.2) is 5.03 Å². The van der Waals surface area contributed by atoms with Gasteiger partial charge in [-0.05, 0) is 31.2 Å². The van der Waals surface area contributed by atoms with Crippen molar-refractivity contribution in [2.24, 2.45) is 17.6 Å². The molecule has 1 aliphatic carbocycles. The highest BCUT2D eigenvalue weighted by atomic mass is 32.2. The third-order valence-corrected chi connectivity index (χ3v) is 5.35. The third-order valence-electron chi connectivity index (χ3n) is 3.98. The number of nitrogens with two attached hydrogens (primary N) is 1. The second-order valence-corrected chi connectivity index (χ2v) is 7.97. The Labute approximate surface area is 127 Å². The largest absolute Gasteiger partial charge is 0.336 e. The molecule has 120 valence electrons. The molecule has 1 aromatic heterocycles. The van der Waals surface area contributed by atoms with Gasteiger partial charge in [-0.1, -0.05) is 26.7 Å². The van der Waals surface area contributed by atoms with Crippen LogP contribution in [0.15, 0.2) is 17.6 Å². The number of hydrogen-bond donors (Lipinski definition) is 2. The van der Waals surface area contributed by atoms with Gasteiger partial charge in [0.05, 0.1) is 6.33 Å². The van der Waals surface area contributed by atoms with Crippen LogP contribution >= 0.6 is 0 Å². The molecule has 2 unspecified atom stereocenters. The van der Waals surface area contributed by atoms with Crippen LogP contribution in [0.4, 0.5) is 0 Å². The molecule has 21 heavy (non-hydrogen) atoms. The average Bonchev–Trinajstić information content (AvgIpc) is 2.87. The van der Waals surface area contributed by atoms with Crippen molar-refractivity contribution in [1.82, 2.24) is 14.3 Å². The van der Waals surface area contributed by atoms with Gasteiger partial charge in [0.1, 0.15) is 0 Å². The van der Waals surface area contributed by atoms with Crippen molar-refractivity contribution in [2.75, 3.05) is 6.54 Å². The summed E-state index contributed by atoms with van der Waals surface area (Å²) in [4.78, 5) is 4.04. The highest BCUT2D eigenvalue weighted by Gasteiger charge is 2.29. The second kappa shape index (κ2) is 6.89. The first-order valence-corrected chi connectivity index (χ1v) is 9.15. The van der Waals surface area contributed by atoms with Crippen molar-refractivity contribution in [1.29, 1.82) is 0 Å². The molecule has 0 amide bonds. The molecule has 7 heteroatoms. The quantitative estimate of drug-likeness (QED) is 0.829. The predicted molar refractivity (Wildman–Crippen MR) is 82.2 cm³/mol. The van der Waals surface area contributed by atoms with E-state index in [1.807, 2.05) is 4.57 Å². The topological polar surface area (TPSA) is 90.0 Å². The van der Waals surface area contributed by atoms with E-state index in [2.05, 4.69) is 23.6 Å². The zero-order valence-electron chi connectivity index (χ0n) is 12.8. The number of sulfonamides is 1. The molecule has 0 spiro atoms. The summed E-state index contributed by atoms with van der Waals surface area (Å²) in [5.41, 5.74) is 5.76. The van der Waals surface area contributed by atoms with E-state index in [9.17, 15) is 8.42 Å². The molecular weight excluding hydrogens is 288 g/mol. The van der Waals surface area contributed by atoms with E-state index >= 15 is 0 Å². The molecule has 0 saturated heterocycles. The molecule has 0 aromatic carbocycles. The first-order chi connectivity index (χ1) is 9.92. The maximum atomic E-state index is 12.4. The Bertz CT molecular complexity index is 553. The van der Waals surface area contributed by atoms with Gasteiger partial charge in [-0.25, -0.2) is 18.1 Å². The van der Waals surface area contributed by atoms with Crippen LogP contribution in [0, 0.1) is 11.8 Å². The van der Waals surface area contributed by atoms with Crippen LogP contribution < -0.4 is 10.5 Å². The summed E-state index contributed by atoms with van der Waals surface area (Å²) < 4.78 is 29.5. The molecule has 1 heterocycles. The molecule has 1 aliphatic rings. The van der Waals surface area contributed by atoms with Crippen molar-refractivity contribution in [3.05, 3.63) is 12.5 Å². The highest BCUT2D eigenvalue weighted by molar-refractivity contribution is 7.89. The Morgan fingerprint density at radius 3 is 2.81 bits per heavy atom. The minimum Gasteiger partial charge on any atom is -0.336 e. The van der Waals surface area contributed by atoms with Gasteiger partial charge in [0.2, 0.25) is 0 Å². The highest BCUT2D eigenvalue weighted by Crippen LogP contribution is 2.24. The van der Waals surface area contributed by atoms with E-state index in [1.165, 1.54) is 0 Å². The molecule has 1 fully saturated rings. The molecule has 6 nitrogen and oxygen atoms in total. The first kappa shape index (κ1) is 16.5. The maximum absolute atomic E-state index is 12.4. The minimum absolute atomic E-state index is 0.0657. The summed E-state index contributed by atoms with van der Waals surface area (Å²) in [5.74, 6) is 0.675. The lowest BCUT2D eigenvalue weighted by molar-refractivity contribution is 0.296. The van der Waals surface area contributed by atoms with Crippen molar-refractivity contribution in [3.8, 4) is 0 Å². The van der Waals surface area contributed by atoms with Crippen molar-refractivity contribution < 1.29 is 8.42 Å². The molecule has 0 aliphatic heterocycles. The summed E-state index contributed by atoms with van der Waals surface area (Å²) in [5, 5.41) is 0.101. The van der Waals surface area contributed by atoms with Crippen LogP contribution in [0.5, 0.6) is 0 Å². The Balaban J connectivity index is 2.08. The lowest BCUT2D eigenvalue weighted by atomic mass is 9.85. The monoisotopic (exact) mass is 314 g/mol. The molecule has 3 N–H and O–H groups in total. The van der Waals surface area contributed by atoms with Crippen molar-refractivity contribution in [2.45, 2.75) is 57.1 Å². The predicted octanol–water partition coefficient (Wildman–Crippen LogP) is 1.33. The third kappa shape index (κ3) is 4.28. The van der Waals surface area contributed by atoms with Crippen LogP contribution in [0.25, 0.3) is 0 Å². The summed E-state index contributed by atoms with van der Waals surface area (Å²) in [7, 11) is -3.56. The van der Waals surface area contributed by atoms with E-state index < -0.39 is 10.0 Å². The van der Waals surface area contributed by atoms with E-state index in [0.717, 1.165) is 32.2 Å². The Kier molecular flexibility index (Phi) is 5.40. The van der Waals surface area contributed by atoms with Gasteiger partial charge in [-0.2, -0.15) is 0 Å². The van der Waals surface area contributed by atoms with Crippen LogP contribution in [0.2, 0.25) is 0 Å². The van der Waals surface area contributed by atoms with E-state index in [1.54, 1.807) is 12.5 Å². The molecule has 0 bridgehead atoms. The van der Waals surface area contributed by atoms with Gasteiger partial charge in [0, 0.05) is 18.8 Å². The van der Waals surface area contributed by atoms with E-state index in [0.29, 0.717) is 12.5 Å². The maximum Gasteiger partial charge on any atom is 0.259 e. The molecule has 0 radical (unpaired) electrons. The van der Waals surface area contributed by atoms with Crippen LogP contribution in [0.1, 0.15) is 39.5 Å². The smallest absolute Gasteiger partial charge is 0.259 e. The summed E-state index contributed by atoms with van der Waals surface area (Å²) in [6, 6.07) is -0.0657. The van der Waals surface area contributed by atoms with Gasteiger partial charge < -0.3 is 10.3 Å².